The highest BCUT2D eigenvalue weighted by molar-refractivity contribution is 7.24. The van der Waals surface area contributed by atoms with Crippen molar-refractivity contribution in [2.45, 2.75) is 19.8 Å². The van der Waals surface area contributed by atoms with Crippen LogP contribution in [0.25, 0.3) is 20.4 Å². The molecule has 0 bridgehead atoms. The first kappa shape index (κ1) is 16.4. The Morgan fingerprint density at radius 3 is 2.96 bits per heavy atom. The van der Waals surface area contributed by atoms with Gasteiger partial charge in [-0.1, -0.05) is 18.3 Å². The molecule has 1 aromatic carbocycles. The fraction of sp³-hybridized carbons (Fsp3) is 0.250. The maximum Gasteiger partial charge on any atom is 0.321 e. The number of aromatic nitrogens is 3. The Kier molecular flexibility index (Phi) is 4.36. The third-order valence-electron chi connectivity index (χ3n) is 3.71. The van der Waals surface area contributed by atoms with Crippen LogP contribution in [0.1, 0.15) is 22.7 Å². The van der Waals surface area contributed by atoms with Crippen LogP contribution in [0.5, 0.6) is 0 Å². The van der Waals surface area contributed by atoms with Crippen LogP contribution in [0.4, 0.5) is 9.93 Å². The SMILES string of the molecule is Cc1cnc(C(C)CNC(=O)Nc2nc3ccc4scnc4c3s2)s1. The van der Waals surface area contributed by atoms with E-state index in [1.807, 2.05) is 30.8 Å². The summed E-state index contributed by atoms with van der Waals surface area (Å²) in [4.78, 5) is 26.6. The number of benzene rings is 1. The molecule has 3 aromatic heterocycles. The molecular weight excluding hydrogens is 374 g/mol. The quantitative estimate of drug-likeness (QED) is 0.535. The van der Waals surface area contributed by atoms with Gasteiger partial charge in [0.2, 0.25) is 0 Å². The number of urea groups is 1. The number of aryl methyl sites for hydroxylation is 1. The fourth-order valence-corrected chi connectivity index (χ4v) is 4.97. The number of amides is 2. The summed E-state index contributed by atoms with van der Waals surface area (Å²) >= 11 is 4.70. The second-order valence-electron chi connectivity index (χ2n) is 5.68. The number of nitrogens with one attached hydrogen (secondary N) is 2. The van der Waals surface area contributed by atoms with Gasteiger partial charge in [0.15, 0.2) is 5.13 Å². The first-order valence-electron chi connectivity index (χ1n) is 7.70. The lowest BCUT2D eigenvalue weighted by atomic mass is 10.2. The number of carbonyl (C=O) groups excluding carboxylic acids is 1. The lowest BCUT2D eigenvalue weighted by Gasteiger charge is -2.10. The molecule has 6 nitrogen and oxygen atoms in total. The van der Waals surface area contributed by atoms with E-state index in [2.05, 4.69) is 32.5 Å². The van der Waals surface area contributed by atoms with E-state index < -0.39 is 0 Å². The Morgan fingerprint density at radius 1 is 1.28 bits per heavy atom. The summed E-state index contributed by atoms with van der Waals surface area (Å²) < 4.78 is 2.13. The van der Waals surface area contributed by atoms with Gasteiger partial charge in [0.05, 0.1) is 25.4 Å². The van der Waals surface area contributed by atoms with Crippen molar-refractivity contribution in [3.05, 3.63) is 33.7 Å². The average molecular weight is 390 g/mol. The maximum absolute atomic E-state index is 12.2. The van der Waals surface area contributed by atoms with Gasteiger partial charge in [-0.05, 0) is 19.1 Å². The molecular formula is C16H15N5OS3. The molecule has 1 atom stereocenters. The van der Waals surface area contributed by atoms with Crippen LogP contribution in [0.15, 0.2) is 23.8 Å². The molecule has 0 fully saturated rings. The molecule has 0 aliphatic heterocycles. The van der Waals surface area contributed by atoms with E-state index in [-0.39, 0.29) is 11.9 Å². The van der Waals surface area contributed by atoms with Crippen molar-refractivity contribution in [1.82, 2.24) is 20.3 Å². The zero-order valence-corrected chi connectivity index (χ0v) is 16.0. The fourth-order valence-electron chi connectivity index (χ4n) is 2.44. The standard InChI is InChI=1S/C16H15N5OS3/c1-8(14-17-6-9(2)24-14)5-18-15(22)21-16-20-10-3-4-11-12(13(10)25-16)19-7-23-11/h3-4,6-8H,5H2,1-2H3,(H2,18,20,21,22). The number of anilines is 1. The van der Waals surface area contributed by atoms with E-state index in [0.29, 0.717) is 11.7 Å². The second kappa shape index (κ2) is 6.66. The summed E-state index contributed by atoms with van der Waals surface area (Å²) in [5, 5.41) is 7.31. The largest absolute Gasteiger partial charge is 0.337 e. The van der Waals surface area contributed by atoms with Gasteiger partial charge in [0.25, 0.3) is 0 Å². The number of hydrogen-bond donors (Lipinski definition) is 2. The first-order chi connectivity index (χ1) is 12.1. The van der Waals surface area contributed by atoms with Gasteiger partial charge in [-0.25, -0.2) is 19.7 Å². The van der Waals surface area contributed by atoms with Crippen molar-refractivity contribution in [3.63, 3.8) is 0 Å². The summed E-state index contributed by atoms with van der Waals surface area (Å²) in [6.45, 7) is 4.61. The van der Waals surface area contributed by atoms with Crippen molar-refractivity contribution in [1.29, 1.82) is 0 Å². The van der Waals surface area contributed by atoms with E-state index in [4.69, 9.17) is 0 Å². The van der Waals surface area contributed by atoms with E-state index in [1.54, 1.807) is 22.7 Å². The molecule has 128 valence electrons. The smallest absolute Gasteiger partial charge is 0.321 e. The van der Waals surface area contributed by atoms with Crippen molar-refractivity contribution < 1.29 is 4.79 Å². The molecule has 9 heteroatoms. The van der Waals surface area contributed by atoms with E-state index >= 15 is 0 Å². The molecule has 0 aliphatic rings. The van der Waals surface area contributed by atoms with Crippen LogP contribution in [-0.2, 0) is 0 Å². The molecule has 2 amide bonds. The molecule has 0 saturated heterocycles. The predicted octanol–water partition coefficient (Wildman–Crippen LogP) is 4.60. The Labute approximate surface area is 156 Å². The number of rotatable bonds is 4. The number of nitrogens with zero attached hydrogens (tertiary/aromatic N) is 3. The van der Waals surface area contributed by atoms with Crippen LogP contribution in [0.2, 0.25) is 0 Å². The van der Waals surface area contributed by atoms with Gasteiger partial charge in [0, 0.05) is 23.5 Å². The summed E-state index contributed by atoms with van der Waals surface area (Å²) in [6, 6.07) is 3.72. The molecule has 2 N–H and O–H groups in total. The van der Waals surface area contributed by atoms with Crippen LogP contribution >= 0.6 is 34.0 Å². The van der Waals surface area contributed by atoms with Crippen molar-refractivity contribution >= 4 is 65.6 Å². The van der Waals surface area contributed by atoms with Gasteiger partial charge in [-0.3, -0.25) is 5.32 Å². The molecule has 0 spiro atoms. The van der Waals surface area contributed by atoms with Crippen molar-refractivity contribution in [3.8, 4) is 0 Å². The Bertz CT molecular complexity index is 1050. The lowest BCUT2D eigenvalue weighted by molar-refractivity contribution is 0.251. The van der Waals surface area contributed by atoms with E-state index in [0.717, 1.165) is 25.4 Å². The second-order valence-corrected chi connectivity index (χ2v) is 8.83. The molecule has 3 heterocycles. The van der Waals surface area contributed by atoms with Gasteiger partial charge in [-0.15, -0.1) is 22.7 Å². The van der Waals surface area contributed by atoms with Gasteiger partial charge in [0.1, 0.15) is 5.52 Å². The average Bonchev–Trinajstić information content (AvgIpc) is 3.29. The molecule has 0 radical (unpaired) electrons. The molecule has 4 rings (SSSR count). The van der Waals surface area contributed by atoms with Gasteiger partial charge >= 0.3 is 6.03 Å². The normalized spacial score (nSPS) is 12.6. The topological polar surface area (TPSA) is 79.8 Å². The summed E-state index contributed by atoms with van der Waals surface area (Å²) in [7, 11) is 0. The number of hydrogen-bond acceptors (Lipinski definition) is 7. The monoisotopic (exact) mass is 389 g/mol. The maximum atomic E-state index is 12.2. The Morgan fingerprint density at radius 2 is 2.16 bits per heavy atom. The summed E-state index contributed by atoms with van der Waals surface area (Å²) in [5.74, 6) is 0.175. The van der Waals surface area contributed by atoms with Gasteiger partial charge in [-0.2, -0.15) is 0 Å². The number of thiazole rings is 3. The third kappa shape index (κ3) is 3.35. The van der Waals surface area contributed by atoms with Crippen molar-refractivity contribution in [2.24, 2.45) is 0 Å². The van der Waals surface area contributed by atoms with E-state index in [9.17, 15) is 4.79 Å². The minimum absolute atomic E-state index is 0.175. The Balaban J connectivity index is 1.43. The van der Waals surface area contributed by atoms with Crippen molar-refractivity contribution in [2.75, 3.05) is 11.9 Å². The van der Waals surface area contributed by atoms with Gasteiger partial charge < -0.3 is 5.32 Å². The minimum atomic E-state index is -0.256. The van der Waals surface area contributed by atoms with E-state index in [1.165, 1.54) is 16.2 Å². The third-order valence-corrected chi connectivity index (χ3v) is 6.64. The highest BCUT2D eigenvalue weighted by Gasteiger charge is 2.14. The predicted molar refractivity (Wildman–Crippen MR) is 105 cm³/mol. The van der Waals surface area contributed by atoms with Crippen LogP contribution in [0.3, 0.4) is 0 Å². The van der Waals surface area contributed by atoms with Crippen LogP contribution in [0, 0.1) is 6.92 Å². The molecule has 1 unspecified atom stereocenters. The number of fused-ring (bicyclic) bond motifs is 3. The highest BCUT2D eigenvalue weighted by atomic mass is 32.1. The molecule has 25 heavy (non-hydrogen) atoms. The lowest BCUT2D eigenvalue weighted by Crippen LogP contribution is -2.31. The van der Waals surface area contributed by atoms with Crippen LogP contribution < -0.4 is 10.6 Å². The molecule has 0 saturated carbocycles. The molecule has 0 aliphatic carbocycles. The zero-order chi connectivity index (χ0) is 17.4. The summed E-state index contributed by atoms with van der Waals surface area (Å²) in [5.41, 5.74) is 3.62. The Hall–Kier alpha value is -2.10. The zero-order valence-electron chi connectivity index (χ0n) is 13.6. The highest BCUT2D eigenvalue weighted by Crippen LogP contribution is 2.33. The molecule has 4 aromatic rings. The van der Waals surface area contributed by atoms with Crippen LogP contribution in [-0.4, -0.2) is 27.5 Å². The minimum Gasteiger partial charge on any atom is -0.337 e. The first-order valence-corrected chi connectivity index (χ1v) is 10.2. The number of carbonyl (C=O) groups is 1. The summed E-state index contributed by atoms with van der Waals surface area (Å²) in [6.07, 6.45) is 1.86.